The van der Waals surface area contributed by atoms with Crippen LogP contribution < -0.4 is 16.4 Å². The van der Waals surface area contributed by atoms with E-state index in [0.717, 1.165) is 0 Å². The number of primary amides is 1. The van der Waals surface area contributed by atoms with E-state index in [1.54, 1.807) is 48.3 Å². The molecule has 0 aliphatic carbocycles. The molecule has 0 fully saturated rings. The summed E-state index contributed by atoms with van der Waals surface area (Å²) in [6, 6.07) is 11.4. The van der Waals surface area contributed by atoms with Gasteiger partial charge in [-0.05, 0) is 18.2 Å². The van der Waals surface area contributed by atoms with Gasteiger partial charge < -0.3 is 16.4 Å². The monoisotopic (exact) mass is 273 g/mol. The molecule has 104 valence electrons. The highest BCUT2D eigenvalue weighted by atomic mass is 19.1. The van der Waals surface area contributed by atoms with Crippen molar-refractivity contribution < 1.29 is 9.18 Å². The van der Waals surface area contributed by atoms with E-state index in [9.17, 15) is 9.18 Å². The maximum Gasteiger partial charge on any atom is 0.250 e. The van der Waals surface area contributed by atoms with E-state index in [1.165, 1.54) is 6.07 Å². The molecule has 0 atom stereocenters. The number of hydrogen-bond donors (Lipinski definition) is 2. The van der Waals surface area contributed by atoms with Crippen molar-refractivity contribution in [1.82, 2.24) is 0 Å². The van der Waals surface area contributed by atoms with Crippen molar-refractivity contribution in [3.05, 3.63) is 59.4 Å². The first-order valence-electron chi connectivity index (χ1n) is 6.13. The molecule has 20 heavy (non-hydrogen) atoms. The van der Waals surface area contributed by atoms with Crippen LogP contribution in [0.1, 0.15) is 15.9 Å². The van der Waals surface area contributed by atoms with E-state index in [2.05, 4.69) is 0 Å². The number of carbonyl (C=O) groups is 1. The molecule has 0 saturated carbocycles. The van der Waals surface area contributed by atoms with Crippen molar-refractivity contribution in [1.29, 1.82) is 0 Å². The SMILES string of the molecule is CN(Cc1ccccc1F)c1c(N)cccc1C(N)=O. The van der Waals surface area contributed by atoms with E-state index in [0.29, 0.717) is 29.0 Å². The lowest BCUT2D eigenvalue weighted by Gasteiger charge is -2.23. The van der Waals surface area contributed by atoms with Crippen LogP contribution in [0.25, 0.3) is 0 Å². The first kappa shape index (κ1) is 13.9. The number of halogens is 1. The Morgan fingerprint density at radius 3 is 2.55 bits per heavy atom. The lowest BCUT2D eigenvalue weighted by Crippen LogP contribution is -2.23. The lowest BCUT2D eigenvalue weighted by atomic mass is 10.1. The fraction of sp³-hybridized carbons (Fsp3) is 0.133. The summed E-state index contributed by atoms with van der Waals surface area (Å²) in [5, 5.41) is 0. The van der Waals surface area contributed by atoms with Crippen LogP contribution in [0.5, 0.6) is 0 Å². The molecule has 0 spiro atoms. The van der Waals surface area contributed by atoms with Crippen LogP contribution in [0.3, 0.4) is 0 Å². The molecule has 5 heteroatoms. The van der Waals surface area contributed by atoms with Gasteiger partial charge in [0.05, 0.1) is 16.9 Å². The molecule has 0 aliphatic rings. The number of nitrogen functional groups attached to an aromatic ring is 1. The van der Waals surface area contributed by atoms with Crippen molar-refractivity contribution in [3.63, 3.8) is 0 Å². The van der Waals surface area contributed by atoms with E-state index < -0.39 is 5.91 Å². The molecule has 4 nitrogen and oxygen atoms in total. The van der Waals surface area contributed by atoms with Gasteiger partial charge in [-0.3, -0.25) is 4.79 Å². The standard InChI is InChI=1S/C15H16FN3O/c1-19(9-10-5-2-3-7-12(10)16)14-11(15(18)20)6-4-8-13(14)17/h2-8H,9,17H2,1H3,(H2,18,20). The molecule has 0 unspecified atom stereocenters. The number of rotatable bonds is 4. The third kappa shape index (κ3) is 2.71. The summed E-state index contributed by atoms with van der Waals surface area (Å²) in [7, 11) is 1.74. The third-order valence-corrected chi connectivity index (χ3v) is 3.08. The highest BCUT2D eigenvalue weighted by Gasteiger charge is 2.16. The summed E-state index contributed by atoms with van der Waals surface area (Å²) in [4.78, 5) is 13.2. The zero-order valence-electron chi connectivity index (χ0n) is 11.1. The predicted molar refractivity (Wildman–Crippen MR) is 77.9 cm³/mol. The summed E-state index contributed by atoms with van der Waals surface area (Å²) >= 11 is 0. The zero-order chi connectivity index (χ0) is 14.7. The molecule has 2 aromatic rings. The number of anilines is 2. The Bertz CT molecular complexity index is 643. The minimum absolute atomic E-state index is 0.293. The Morgan fingerprint density at radius 2 is 1.90 bits per heavy atom. The smallest absolute Gasteiger partial charge is 0.250 e. The number of carbonyl (C=O) groups excluding carboxylic acids is 1. The summed E-state index contributed by atoms with van der Waals surface area (Å²) in [5.41, 5.74) is 13.1. The Hall–Kier alpha value is -2.56. The summed E-state index contributed by atoms with van der Waals surface area (Å²) in [6.45, 7) is 0.293. The van der Waals surface area contributed by atoms with Gasteiger partial charge in [-0.25, -0.2) is 4.39 Å². The van der Waals surface area contributed by atoms with Gasteiger partial charge in [-0.15, -0.1) is 0 Å². The highest BCUT2D eigenvalue weighted by molar-refractivity contribution is 6.01. The molecule has 4 N–H and O–H groups in total. The lowest BCUT2D eigenvalue weighted by molar-refractivity contribution is 0.100. The molecule has 0 heterocycles. The zero-order valence-corrected chi connectivity index (χ0v) is 11.1. The Kier molecular flexibility index (Phi) is 3.89. The molecular weight excluding hydrogens is 257 g/mol. The Labute approximate surface area is 116 Å². The number of hydrogen-bond acceptors (Lipinski definition) is 3. The minimum Gasteiger partial charge on any atom is -0.397 e. The van der Waals surface area contributed by atoms with Crippen LogP contribution in [0, 0.1) is 5.82 Å². The first-order chi connectivity index (χ1) is 9.50. The average Bonchev–Trinajstić information content (AvgIpc) is 2.40. The number of nitrogens with zero attached hydrogens (tertiary/aromatic N) is 1. The third-order valence-electron chi connectivity index (χ3n) is 3.08. The second-order valence-electron chi connectivity index (χ2n) is 4.56. The van der Waals surface area contributed by atoms with Gasteiger partial charge in [0.1, 0.15) is 5.82 Å². The molecule has 2 rings (SSSR count). The molecule has 0 aromatic heterocycles. The average molecular weight is 273 g/mol. The topological polar surface area (TPSA) is 72.3 Å². The second-order valence-corrected chi connectivity index (χ2v) is 4.56. The second kappa shape index (κ2) is 5.61. The van der Waals surface area contributed by atoms with Crippen LogP contribution in [0.15, 0.2) is 42.5 Å². The minimum atomic E-state index is -0.562. The van der Waals surface area contributed by atoms with Crippen molar-refractivity contribution in [3.8, 4) is 0 Å². The van der Waals surface area contributed by atoms with Gasteiger partial charge in [0.2, 0.25) is 0 Å². The normalized spacial score (nSPS) is 10.3. The largest absolute Gasteiger partial charge is 0.397 e. The van der Waals surface area contributed by atoms with Crippen LogP contribution in [-0.2, 0) is 6.54 Å². The molecule has 0 bridgehead atoms. The van der Waals surface area contributed by atoms with Crippen molar-refractivity contribution in [2.24, 2.45) is 5.73 Å². The van der Waals surface area contributed by atoms with Gasteiger partial charge >= 0.3 is 0 Å². The van der Waals surface area contributed by atoms with Gasteiger partial charge in [0, 0.05) is 19.2 Å². The summed E-state index contributed by atoms with van der Waals surface area (Å²) in [5.74, 6) is -0.859. The van der Waals surface area contributed by atoms with Crippen LogP contribution in [-0.4, -0.2) is 13.0 Å². The number of benzene rings is 2. The predicted octanol–water partition coefficient (Wildman–Crippen LogP) is 2.14. The van der Waals surface area contributed by atoms with Gasteiger partial charge in [-0.1, -0.05) is 24.3 Å². The Balaban J connectivity index is 2.37. The maximum atomic E-state index is 13.7. The fourth-order valence-corrected chi connectivity index (χ4v) is 2.15. The van der Waals surface area contributed by atoms with E-state index >= 15 is 0 Å². The van der Waals surface area contributed by atoms with Gasteiger partial charge in [0.15, 0.2) is 0 Å². The summed E-state index contributed by atoms with van der Waals surface area (Å²) in [6.07, 6.45) is 0. The molecule has 0 radical (unpaired) electrons. The van der Waals surface area contributed by atoms with Gasteiger partial charge in [0.25, 0.3) is 5.91 Å². The van der Waals surface area contributed by atoms with Crippen molar-refractivity contribution >= 4 is 17.3 Å². The van der Waals surface area contributed by atoms with E-state index in [-0.39, 0.29) is 5.82 Å². The molecule has 0 saturated heterocycles. The van der Waals surface area contributed by atoms with Crippen molar-refractivity contribution in [2.75, 3.05) is 17.7 Å². The van der Waals surface area contributed by atoms with Gasteiger partial charge in [-0.2, -0.15) is 0 Å². The van der Waals surface area contributed by atoms with Crippen LogP contribution in [0.4, 0.5) is 15.8 Å². The molecule has 1 amide bonds. The van der Waals surface area contributed by atoms with E-state index in [1.807, 2.05) is 0 Å². The summed E-state index contributed by atoms with van der Waals surface area (Å²) < 4.78 is 13.7. The van der Waals surface area contributed by atoms with E-state index in [4.69, 9.17) is 11.5 Å². The molecule has 2 aromatic carbocycles. The van der Waals surface area contributed by atoms with Crippen molar-refractivity contribution in [2.45, 2.75) is 6.54 Å². The maximum absolute atomic E-state index is 13.7. The fourth-order valence-electron chi connectivity index (χ4n) is 2.15. The molecular formula is C15H16FN3O. The highest BCUT2D eigenvalue weighted by Crippen LogP contribution is 2.28. The molecule has 0 aliphatic heterocycles. The number of amides is 1. The van der Waals surface area contributed by atoms with Crippen LogP contribution >= 0.6 is 0 Å². The van der Waals surface area contributed by atoms with Crippen LogP contribution in [0.2, 0.25) is 0 Å². The first-order valence-corrected chi connectivity index (χ1v) is 6.13. The quantitative estimate of drug-likeness (QED) is 0.838. The Morgan fingerprint density at radius 1 is 1.20 bits per heavy atom. The number of nitrogens with two attached hydrogens (primary N) is 2. The number of para-hydroxylation sites is 1.